The fourth-order valence-corrected chi connectivity index (χ4v) is 1.77. The van der Waals surface area contributed by atoms with Crippen molar-refractivity contribution in [2.45, 2.75) is 13.3 Å². The van der Waals surface area contributed by atoms with E-state index in [9.17, 15) is 9.59 Å². The van der Waals surface area contributed by atoms with Crippen LogP contribution >= 0.6 is 0 Å². The molecule has 2 aromatic rings. The van der Waals surface area contributed by atoms with Gasteiger partial charge in [0.05, 0.1) is 0 Å². The molecule has 0 saturated heterocycles. The third-order valence-corrected chi connectivity index (χ3v) is 3.04. The summed E-state index contributed by atoms with van der Waals surface area (Å²) >= 11 is 0. The SMILES string of the molecule is CCc1ccc(C(=O)NNC(=O)/C=C/c2cccnc2)cc1. The van der Waals surface area contributed by atoms with Crippen LogP contribution in [-0.4, -0.2) is 16.8 Å². The molecule has 5 nitrogen and oxygen atoms in total. The third-order valence-electron chi connectivity index (χ3n) is 3.04. The van der Waals surface area contributed by atoms with Crippen LogP contribution in [-0.2, 0) is 11.2 Å². The van der Waals surface area contributed by atoms with Gasteiger partial charge in [-0.15, -0.1) is 0 Å². The van der Waals surface area contributed by atoms with Gasteiger partial charge in [-0.2, -0.15) is 0 Å². The number of carbonyl (C=O) groups excluding carboxylic acids is 2. The van der Waals surface area contributed by atoms with Gasteiger partial charge in [0.25, 0.3) is 11.8 Å². The van der Waals surface area contributed by atoms with E-state index in [-0.39, 0.29) is 5.91 Å². The molecule has 1 aromatic heterocycles. The van der Waals surface area contributed by atoms with Crippen molar-refractivity contribution in [3.05, 3.63) is 71.6 Å². The molecule has 1 aromatic carbocycles. The molecule has 1 heterocycles. The van der Waals surface area contributed by atoms with E-state index in [0.29, 0.717) is 5.56 Å². The molecule has 0 aliphatic heterocycles. The van der Waals surface area contributed by atoms with Crippen molar-refractivity contribution < 1.29 is 9.59 Å². The number of nitrogens with one attached hydrogen (secondary N) is 2. The van der Waals surface area contributed by atoms with Crippen LogP contribution < -0.4 is 10.9 Å². The highest BCUT2D eigenvalue weighted by Crippen LogP contribution is 2.04. The van der Waals surface area contributed by atoms with Crippen LogP contribution in [0, 0.1) is 0 Å². The van der Waals surface area contributed by atoms with Crippen molar-refractivity contribution in [3.63, 3.8) is 0 Å². The van der Waals surface area contributed by atoms with Gasteiger partial charge in [0, 0.05) is 24.0 Å². The average molecular weight is 295 g/mol. The number of aryl methyl sites for hydroxylation is 1. The number of aromatic nitrogens is 1. The molecule has 2 rings (SSSR count). The van der Waals surface area contributed by atoms with E-state index in [1.54, 1.807) is 36.7 Å². The molecule has 0 saturated carbocycles. The highest BCUT2D eigenvalue weighted by atomic mass is 16.2. The minimum Gasteiger partial charge on any atom is -0.268 e. The molecule has 0 radical (unpaired) electrons. The highest BCUT2D eigenvalue weighted by molar-refractivity contribution is 5.97. The lowest BCUT2D eigenvalue weighted by Crippen LogP contribution is -2.40. The topological polar surface area (TPSA) is 71.1 Å². The molecule has 0 bridgehead atoms. The molecular weight excluding hydrogens is 278 g/mol. The molecular formula is C17H17N3O2. The van der Waals surface area contributed by atoms with Gasteiger partial charge in [-0.25, -0.2) is 0 Å². The second kappa shape index (κ2) is 7.73. The van der Waals surface area contributed by atoms with E-state index in [0.717, 1.165) is 17.5 Å². The second-order valence-electron chi connectivity index (χ2n) is 4.61. The fourth-order valence-electron chi connectivity index (χ4n) is 1.77. The van der Waals surface area contributed by atoms with Crippen molar-refractivity contribution in [2.24, 2.45) is 0 Å². The van der Waals surface area contributed by atoms with Gasteiger partial charge in [-0.05, 0) is 41.8 Å². The zero-order chi connectivity index (χ0) is 15.8. The zero-order valence-corrected chi connectivity index (χ0v) is 12.2. The number of carbonyl (C=O) groups is 2. The summed E-state index contributed by atoms with van der Waals surface area (Å²) in [5.41, 5.74) is 7.15. The first kappa shape index (κ1) is 15.4. The van der Waals surface area contributed by atoms with Crippen LogP contribution in [0.3, 0.4) is 0 Å². The Bertz CT molecular complexity index is 664. The van der Waals surface area contributed by atoms with Crippen LogP contribution in [0.25, 0.3) is 6.08 Å². The Hall–Kier alpha value is -2.95. The minimum absolute atomic E-state index is 0.356. The smallest absolute Gasteiger partial charge is 0.268 e. The zero-order valence-electron chi connectivity index (χ0n) is 12.2. The van der Waals surface area contributed by atoms with Gasteiger partial charge < -0.3 is 0 Å². The first-order valence-corrected chi connectivity index (χ1v) is 6.96. The summed E-state index contributed by atoms with van der Waals surface area (Å²) in [6, 6.07) is 10.8. The number of benzene rings is 1. The Labute approximate surface area is 129 Å². The molecule has 5 heteroatoms. The second-order valence-corrected chi connectivity index (χ2v) is 4.61. The van der Waals surface area contributed by atoms with E-state index in [2.05, 4.69) is 15.8 Å². The van der Waals surface area contributed by atoms with Gasteiger partial charge in [0.15, 0.2) is 0 Å². The number of rotatable bonds is 4. The number of hydrogen-bond donors (Lipinski definition) is 2. The van der Waals surface area contributed by atoms with Gasteiger partial charge in [0.1, 0.15) is 0 Å². The summed E-state index contributed by atoms with van der Waals surface area (Å²) in [6.45, 7) is 2.05. The van der Waals surface area contributed by atoms with Crippen LogP contribution in [0.5, 0.6) is 0 Å². The van der Waals surface area contributed by atoms with E-state index in [4.69, 9.17) is 0 Å². The Morgan fingerprint density at radius 2 is 1.91 bits per heavy atom. The minimum atomic E-state index is -0.414. The average Bonchev–Trinajstić information content (AvgIpc) is 2.58. The summed E-state index contributed by atoms with van der Waals surface area (Å²) in [7, 11) is 0. The quantitative estimate of drug-likeness (QED) is 0.670. The molecule has 0 spiro atoms. The Kier molecular flexibility index (Phi) is 5.43. The molecule has 2 amide bonds. The van der Waals surface area contributed by atoms with Gasteiger partial charge in [-0.3, -0.25) is 25.4 Å². The fraction of sp³-hybridized carbons (Fsp3) is 0.118. The highest BCUT2D eigenvalue weighted by Gasteiger charge is 2.05. The van der Waals surface area contributed by atoms with Crippen LogP contribution in [0.2, 0.25) is 0 Å². The Balaban J connectivity index is 1.85. The molecule has 22 heavy (non-hydrogen) atoms. The summed E-state index contributed by atoms with van der Waals surface area (Å²) in [5, 5.41) is 0. The Morgan fingerprint density at radius 1 is 1.14 bits per heavy atom. The monoisotopic (exact) mass is 295 g/mol. The first-order chi connectivity index (χ1) is 10.7. The summed E-state index contributed by atoms with van der Waals surface area (Å²) < 4.78 is 0. The van der Waals surface area contributed by atoms with Crippen molar-refractivity contribution in [2.75, 3.05) is 0 Å². The van der Waals surface area contributed by atoms with Gasteiger partial charge in [-0.1, -0.05) is 25.1 Å². The molecule has 0 aliphatic carbocycles. The van der Waals surface area contributed by atoms with Crippen molar-refractivity contribution in [1.29, 1.82) is 0 Å². The lowest BCUT2D eigenvalue weighted by Gasteiger charge is -2.05. The van der Waals surface area contributed by atoms with Gasteiger partial charge >= 0.3 is 0 Å². The maximum Gasteiger partial charge on any atom is 0.269 e. The number of hydrogen-bond acceptors (Lipinski definition) is 3. The van der Waals surface area contributed by atoms with E-state index in [1.165, 1.54) is 6.08 Å². The van der Waals surface area contributed by atoms with Crippen molar-refractivity contribution >= 4 is 17.9 Å². The molecule has 0 atom stereocenters. The summed E-state index contributed by atoms with van der Waals surface area (Å²) in [5.74, 6) is -0.770. The van der Waals surface area contributed by atoms with Crippen LogP contribution in [0.1, 0.15) is 28.4 Å². The maximum atomic E-state index is 11.9. The van der Waals surface area contributed by atoms with Crippen LogP contribution in [0.15, 0.2) is 54.9 Å². The van der Waals surface area contributed by atoms with Gasteiger partial charge in [0.2, 0.25) is 0 Å². The lowest BCUT2D eigenvalue weighted by atomic mass is 10.1. The van der Waals surface area contributed by atoms with E-state index >= 15 is 0 Å². The number of hydrazine groups is 1. The predicted molar refractivity (Wildman–Crippen MR) is 84.7 cm³/mol. The predicted octanol–water partition coefficient (Wildman–Crippen LogP) is 2.12. The summed E-state index contributed by atoms with van der Waals surface area (Å²) in [6.07, 6.45) is 7.15. The number of pyridine rings is 1. The standard InChI is InChI=1S/C17H17N3O2/c1-2-13-5-8-15(9-6-13)17(22)20-19-16(21)10-7-14-4-3-11-18-12-14/h3-12H,2H2,1H3,(H,19,21)(H,20,22)/b10-7+. The molecule has 0 aliphatic rings. The largest absolute Gasteiger partial charge is 0.269 e. The molecule has 2 N–H and O–H groups in total. The maximum absolute atomic E-state index is 11.9. The van der Waals surface area contributed by atoms with Crippen molar-refractivity contribution in [3.8, 4) is 0 Å². The van der Waals surface area contributed by atoms with Crippen LogP contribution in [0.4, 0.5) is 0 Å². The lowest BCUT2D eigenvalue weighted by molar-refractivity contribution is -0.117. The first-order valence-electron chi connectivity index (χ1n) is 6.96. The number of nitrogens with zero attached hydrogens (tertiary/aromatic N) is 1. The van der Waals surface area contributed by atoms with E-state index in [1.807, 2.05) is 25.1 Å². The third kappa shape index (κ3) is 4.56. The Morgan fingerprint density at radius 3 is 2.55 bits per heavy atom. The molecule has 0 unspecified atom stereocenters. The summed E-state index contributed by atoms with van der Waals surface area (Å²) in [4.78, 5) is 27.4. The van der Waals surface area contributed by atoms with E-state index < -0.39 is 5.91 Å². The normalized spacial score (nSPS) is 10.4. The number of amides is 2. The molecule has 0 fully saturated rings. The van der Waals surface area contributed by atoms with Crippen molar-refractivity contribution in [1.82, 2.24) is 15.8 Å². The molecule has 112 valence electrons.